The molecule has 0 aliphatic carbocycles. The third-order valence-electron chi connectivity index (χ3n) is 3.11. The molecule has 1 aliphatic rings. The van der Waals surface area contributed by atoms with Gasteiger partial charge >= 0.3 is 0 Å². The molecule has 0 aromatic heterocycles. The van der Waals surface area contributed by atoms with Crippen LogP contribution < -0.4 is 5.32 Å². The van der Waals surface area contributed by atoms with Crippen molar-refractivity contribution in [1.82, 2.24) is 5.32 Å². The molecule has 7 heteroatoms. The normalized spacial score (nSPS) is 25.2. The SMILES string of the molecule is CC1(NC(=O)c2c(F)cccc2F)CCS(=O)(=O)C1. The molecule has 4 nitrogen and oxygen atoms in total. The lowest BCUT2D eigenvalue weighted by molar-refractivity contribution is 0.0906. The lowest BCUT2D eigenvalue weighted by atomic mass is 10.0. The highest BCUT2D eigenvalue weighted by molar-refractivity contribution is 7.91. The van der Waals surface area contributed by atoms with E-state index in [4.69, 9.17) is 0 Å². The topological polar surface area (TPSA) is 63.2 Å². The molecule has 1 N–H and O–H groups in total. The van der Waals surface area contributed by atoms with Crippen LogP contribution in [-0.2, 0) is 9.84 Å². The fraction of sp³-hybridized carbons (Fsp3) is 0.417. The van der Waals surface area contributed by atoms with Crippen molar-refractivity contribution in [1.29, 1.82) is 0 Å². The third kappa shape index (κ3) is 2.91. The van der Waals surface area contributed by atoms with Crippen LogP contribution in [0.25, 0.3) is 0 Å². The highest BCUT2D eigenvalue weighted by atomic mass is 32.2. The molecule has 1 aliphatic heterocycles. The summed E-state index contributed by atoms with van der Waals surface area (Å²) in [6, 6.07) is 3.11. The minimum Gasteiger partial charge on any atom is -0.346 e. The molecule has 1 aromatic rings. The van der Waals surface area contributed by atoms with Crippen molar-refractivity contribution in [2.24, 2.45) is 0 Å². The largest absolute Gasteiger partial charge is 0.346 e. The van der Waals surface area contributed by atoms with E-state index in [1.165, 1.54) is 0 Å². The molecule has 19 heavy (non-hydrogen) atoms. The van der Waals surface area contributed by atoms with Crippen LogP contribution in [0.2, 0.25) is 0 Å². The average molecular weight is 289 g/mol. The molecule has 1 unspecified atom stereocenters. The first kappa shape index (κ1) is 13.9. The Hall–Kier alpha value is -1.50. The van der Waals surface area contributed by atoms with E-state index in [0.29, 0.717) is 0 Å². The van der Waals surface area contributed by atoms with E-state index in [-0.39, 0.29) is 17.9 Å². The first-order chi connectivity index (χ1) is 8.72. The van der Waals surface area contributed by atoms with E-state index in [1.54, 1.807) is 6.92 Å². The van der Waals surface area contributed by atoms with E-state index in [0.717, 1.165) is 18.2 Å². The van der Waals surface area contributed by atoms with Gasteiger partial charge < -0.3 is 5.32 Å². The Labute approximate surface area is 109 Å². The zero-order chi connectivity index (χ0) is 14.3. The number of hydrogen-bond donors (Lipinski definition) is 1. The molecule has 1 aromatic carbocycles. The molecule has 0 spiro atoms. The number of hydrogen-bond acceptors (Lipinski definition) is 3. The molecule has 1 saturated heterocycles. The summed E-state index contributed by atoms with van der Waals surface area (Å²) < 4.78 is 49.7. The van der Waals surface area contributed by atoms with Crippen LogP contribution >= 0.6 is 0 Å². The minimum absolute atomic E-state index is 0.0382. The summed E-state index contributed by atoms with van der Waals surface area (Å²) >= 11 is 0. The van der Waals surface area contributed by atoms with E-state index < -0.39 is 38.5 Å². The van der Waals surface area contributed by atoms with Gasteiger partial charge in [-0.05, 0) is 25.5 Å². The van der Waals surface area contributed by atoms with E-state index in [2.05, 4.69) is 5.32 Å². The number of benzene rings is 1. The van der Waals surface area contributed by atoms with Gasteiger partial charge in [0.15, 0.2) is 9.84 Å². The molecule has 1 heterocycles. The molecule has 0 bridgehead atoms. The maximum atomic E-state index is 13.4. The van der Waals surface area contributed by atoms with Gasteiger partial charge in [0.2, 0.25) is 0 Å². The van der Waals surface area contributed by atoms with E-state index in [1.807, 2.05) is 0 Å². The predicted octanol–water partition coefficient (Wildman–Crippen LogP) is 1.27. The van der Waals surface area contributed by atoms with Gasteiger partial charge in [0, 0.05) is 0 Å². The molecule has 1 amide bonds. The van der Waals surface area contributed by atoms with Crippen LogP contribution in [0, 0.1) is 11.6 Å². The maximum Gasteiger partial charge on any atom is 0.257 e. The monoisotopic (exact) mass is 289 g/mol. The second-order valence-electron chi connectivity index (χ2n) is 4.95. The van der Waals surface area contributed by atoms with E-state index >= 15 is 0 Å². The van der Waals surface area contributed by atoms with Gasteiger partial charge in [-0.15, -0.1) is 0 Å². The zero-order valence-corrected chi connectivity index (χ0v) is 11.1. The third-order valence-corrected chi connectivity index (χ3v) is 5.01. The zero-order valence-electron chi connectivity index (χ0n) is 10.2. The van der Waals surface area contributed by atoms with Crippen molar-refractivity contribution < 1.29 is 22.0 Å². The van der Waals surface area contributed by atoms with Crippen LogP contribution in [0.4, 0.5) is 8.78 Å². The van der Waals surface area contributed by atoms with Gasteiger partial charge in [0.25, 0.3) is 5.91 Å². The van der Waals surface area contributed by atoms with E-state index in [9.17, 15) is 22.0 Å². The quantitative estimate of drug-likeness (QED) is 0.892. The Morgan fingerprint density at radius 2 is 1.89 bits per heavy atom. The first-order valence-corrected chi connectivity index (χ1v) is 7.52. The summed E-state index contributed by atoms with van der Waals surface area (Å²) in [5.74, 6) is -3.13. The number of carbonyl (C=O) groups is 1. The fourth-order valence-electron chi connectivity index (χ4n) is 2.16. The summed E-state index contributed by atoms with van der Waals surface area (Å²) in [4.78, 5) is 11.9. The highest BCUT2D eigenvalue weighted by Gasteiger charge is 2.40. The lowest BCUT2D eigenvalue weighted by Gasteiger charge is -2.24. The summed E-state index contributed by atoms with van der Waals surface area (Å²) in [7, 11) is -3.20. The highest BCUT2D eigenvalue weighted by Crippen LogP contribution is 2.24. The van der Waals surface area contributed by atoms with Gasteiger partial charge in [0.05, 0.1) is 17.0 Å². The Morgan fingerprint density at radius 3 is 2.37 bits per heavy atom. The Morgan fingerprint density at radius 1 is 1.32 bits per heavy atom. The van der Waals surface area contributed by atoms with Crippen molar-refractivity contribution in [3.05, 3.63) is 35.4 Å². The van der Waals surface area contributed by atoms with Crippen LogP contribution in [0.3, 0.4) is 0 Å². The molecular formula is C12H13F2NO3S. The van der Waals surface area contributed by atoms with Crippen LogP contribution in [0.15, 0.2) is 18.2 Å². The average Bonchev–Trinajstić information content (AvgIpc) is 2.52. The molecule has 2 rings (SSSR count). The van der Waals surface area contributed by atoms with Crippen LogP contribution in [-0.4, -0.2) is 31.4 Å². The molecule has 0 saturated carbocycles. The summed E-state index contributed by atoms with van der Waals surface area (Å²) in [5.41, 5.74) is -1.67. The Bertz CT molecular complexity index is 610. The lowest BCUT2D eigenvalue weighted by Crippen LogP contribution is -2.47. The van der Waals surface area contributed by atoms with Crippen molar-refractivity contribution in [2.45, 2.75) is 18.9 Å². The molecular weight excluding hydrogens is 276 g/mol. The summed E-state index contributed by atoms with van der Waals surface area (Å²) in [6.07, 6.45) is 0.233. The van der Waals surface area contributed by atoms with Crippen LogP contribution in [0.1, 0.15) is 23.7 Å². The summed E-state index contributed by atoms with van der Waals surface area (Å²) in [6.45, 7) is 1.55. The standard InChI is InChI=1S/C12H13F2NO3S/c1-12(5-6-19(17,18)7-12)15-11(16)10-8(13)3-2-4-9(10)14/h2-4H,5-7H2,1H3,(H,15,16). The first-order valence-electron chi connectivity index (χ1n) is 5.69. The van der Waals surface area contributed by atoms with Crippen molar-refractivity contribution in [2.75, 3.05) is 11.5 Å². The van der Waals surface area contributed by atoms with Gasteiger partial charge in [0.1, 0.15) is 17.2 Å². The number of rotatable bonds is 2. The van der Waals surface area contributed by atoms with Crippen molar-refractivity contribution in [3.8, 4) is 0 Å². The van der Waals surface area contributed by atoms with Gasteiger partial charge in [-0.2, -0.15) is 0 Å². The number of sulfone groups is 1. The van der Waals surface area contributed by atoms with Crippen molar-refractivity contribution >= 4 is 15.7 Å². The second kappa shape index (κ2) is 4.56. The van der Waals surface area contributed by atoms with Gasteiger partial charge in [-0.25, -0.2) is 17.2 Å². The number of halogens is 2. The molecule has 0 radical (unpaired) electrons. The number of carbonyl (C=O) groups excluding carboxylic acids is 1. The summed E-state index contributed by atoms with van der Waals surface area (Å²) in [5, 5.41) is 2.41. The second-order valence-corrected chi connectivity index (χ2v) is 7.14. The number of nitrogens with one attached hydrogen (secondary N) is 1. The van der Waals surface area contributed by atoms with Gasteiger partial charge in [-0.1, -0.05) is 6.07 Å². The molecule has 104 valence electrons. The Balaban J connectivity index is 2.23. The maximum absolute atomic E-state index is 13.4. The molecule has 1 atom stereocenters. The van der Waals surface area contributed by atoms with Crippen LogP contribution in [0.5, 0.6) is 0 Å². The number of amides is 1. The molecule has 1 fully saturated rings. The minimum atomic E-state index is -3.20. The Kier molecular flexibility index (Phi) is 3.34. The predicted molar refractivity (Wildman–Crippen MR) is 65.5 cm³/mol. The fourth-order valence-corrected chi connectivity index (χ4v) is 4.25. The van der Waals surface area contributed by atoms with Gasteiger partial charge in [-0.3, -0.25) is 4.79 Å². The smallest absolute Gasteiger partial charge is 0.257 e. The van der Waals surface area contributed by atoms with Crippen molar-refractivity contribution in [3.63, 3.8) is 0 Å².